The van der Waals surface area contributed by atoms with E-state index in [0.717, 1.165) is 12.1 Å². The van der Waals surface area contributed by atoms with E-state index < -0.39 is 11.6 Å². The van der Waals surface area contributed by atoms with Gasteiger partial charge in [-0.1, -0.05) is 6.07 Å². The first kappa shape index (κ1) is 12.1. The maximum atomic E-state index is 13.7. The standard InChI is InChI=1S/C11H7F2N7/c12-6-2-1-3-7(13)8(6)9-17-10(14)19-11(18-9)20-5-15-4-16-20/h1-5H,(H2,14,17,18,19). The van der Waals surface area contributed by atoms with Gasteiger partial charge >= 0.3 is 0 Å². The van der Waals surface area contributed by atoms with Crippen molar-refractivity contribution in [1.29, 1.82) is 0 Å². The molecule has 0 radical (unpaired) electrons. The molecule has 0 atom stereocenters. The second kappa shape index (κ2) is 4.61. The summed E-state index contributed by atoms with van der Waals surface area (Å²) in [6, 6.07) is 3.46. The largest absolute Gasteiger partial charge is 0.368 e. The van der Waals surface area contributed by atoms with Gasteiger partial charge in [-0.2, -0.15) is 24.7 Å². The van der Waals surface area contributed by atoms with E-state index in [4.69, 9.17) is 5.73 Å². The number of halogens is 2. The van der Waals surface area contributed by atoms with Crippen molar-refractivity contribution >= 4 is 5.95 Å². The van der Waals surface area contributed by atoms with Crippen LogP contribution >= 0.6 is 0 Å². The van der Waals surface area contributed by atoms with Gasteiger partial charge < -0.3 is 5.73 Å². The number of benzene rings is 1. The molecule has 0 saturated carbocycles. The molecule has 0 aliphatic carbocycles. The number of aromatic nitrogens is 6. The zero-order valence-electron chi connectivity index (χ0n) is 9.90. The van der Waals surface area contributed by atoms with Crippen molar-refractivity contribution in [2.24, 2.45) is 0 Å². The molecule has 0 bridgehead atoms. The first-order valence-corrected chi connectivity index (χ1v) is 5.46. The molecule has 7 nitrogen and oxygen atoms in total. The van der Waals surface area contributed by atoms with Crippen LogP contribution in [0.1, 0.15) is 0 Å². The number of nitrogen functional groups attached to an aromatic ring is 1. The molecule has 0 amide bonds. The van der Waals surface area contributed by atoms with Crippen molar-refractivity contribution in [3.05, 3.63) is 42.5 Å². The van der Waals surface area contributed by atoms with Gasteiger partial charge in [-0.05, 0) is 12.1 Å². The molecule has 3 rings (SSSR count). The molecule has 9 heteroatoms. The SMILES string of the molecule is Nc1nc(-c2c(F)cccc2F)nc(-n2cncn2)n1. The minimum absolute atomic E-state index is 0.0210. The molecule has 100 valence electrons. The van der Waals surface area contributed by atoms with Crippen LogP contribution in [0, 0.1) is 11.6 Å². The first-order chi connectivity index (χ1) is 9.65. The molecular weight excluding hydrogens is 268 g/mol. The van der Waals surface area contributed by atoms with Crippen LogP contribution in [0.25, 0.3) is 17.3 Å². The Morgan fingerprint density at radius 3 is 2.45 bits per heavy atom. The van der Waals surface area contributed by atoms with Crippen LogP contribution in [0.15, 0.2) is 30.9 Å². The Hall–Kier alpha value is -2.97. The molecule has 0 fully saturated rings. The van der Waals surface area contributed by atoms with Gasteiger partial charge in [0.1, 0.15) is 24.3 Å². The van der Waals surface area contributed by atoms with Crippen molar-refractivity contribution in [1.82, 2.24) is 29.7 Å². The van der Waals surface area contributed by atoms with E-state index in [2.05, 4.69) is 25.0 Å². The van der Waals surface area contributed by atoms with E-state index in [9.17, 15) is 8.78 Å². The number of hydrogen-bond donors (Lipinski definition) is 1. The van der Waals surface area contributed by atoms with Gasteiger partial charge in [0, 0.05) is 0 Å². The van der Waals surface area contributed by atoms with Crippen molar-refractivity contribution in [2.45, 2.75) is 0 Å². The molecule has 20 heavy (non-hydrogen) atoms. The van der Waals surface area contributed by atoms with Crippen LogP contribution in [0.5, 0.6) is 0 Å². The van der Waals surface area contributed by atoms with Crippen molar-refractivity contribution < 1.29 is 8.78 Å². The lowest BCUT2D eigenvalue weighted by molar-refractivity contribution is 0.587. The van der Waals surface area contributed by atoms with Crippen LogP contribution in [0.2, 0.25) is 0 Å². The van der Waals surface area contributed by atoms with Crippen LogP contribution in [0.4, 0.5) is 14.7 Å². The zero-order chi connectivity index (χ0) is 14.1. The third-order valence-electron chi connectivity index (χ3n) is 2.45. The summed E-state index contributed by atoms with van der Waals surface area (Å²) >= 11 is 0. The van der Waals surface area contributed by atoms with Gasteiger partial charge in [-0.25, -0.2) is 13.8 Å². The number of anilines is 1. The molecule has 0 unspecified atom stereocenters. The molecule has 2 aromatic heterocycles. The lowest BCUT2D eigenvalue weighted by Gasteiger charge is -2.06. The van der Waals surface area contributed by atoms with Gasteiger partial charge in [-0.3, -0.25) is 0 Å². The van der Waals surface area contributed by atoms with Crippen molar-refractivity contribution in [2.75, 3.05) is 5.73 Å². The van der Waals surface area contributed by atoms with Gasteiger partial charge in [-0.15, -0.1) is 0 Å². The second-order valence-corrected chi connectivity index (χ2v) is 3.75. The summed E-state index contributed by atoms with van der Waals surface area (Å²) in [6.45, 7) is 0. The van der Waals surface area contributed by atoms with E-state index in [1.165, 1.54) is 23.4 Å². The molecule has 2 N–H and O–H groups in total. The first-order valence-electron chi connectivity index (χ1n) is 5.46. The van der Waals surface area contributed by atoms with Gasteiger partial charge in [0.05, 0.1) is 5.56 Å². The van der Waals surface area contributed by atoms with Gasteiger partial charge in [0.25, 0.3) is 5.95 Å². The topological polar surface area (TPSA) is 95.4 Å². The fraction of sp³-hybridized carbons (Fsp3) is 0. The number of nitrogens with two attached hydrogens (primary N) is 1. The third kappa shape index (κ3) is 2.05. The number of nitrogens with zero attached hydrogens (tertiary/aromatic N) is 6. The summed E-state index contributed by atoms with van der Waals surface area (Å²) in [5.74, 6) is -1.95. The molecule has 1 aromatic carbocycles. The molecule has 0 aliphatic heterocycles. The molecule has 0 aliphatic rings. The molecule has 0 spiro atoms. The van der Waals surface area contributed by atoms with Crippen LogP contribution < -0.4 is 5.73 Å². The summed E-state index contributed by atoms with van der Waals surface area (Å²) in [5, 5.41) is 3.82. The lowest BCUT2D eigenvalue weighted by atomic mass is 10.2. The fourth-order valence-corrected chi connectivity index (χ4v) is 1.62. The van der Waals surface area contributed by atoms with Crippen LogP contribution in [-0.4, -0.2) is 29.7 Å². The number of hydrogen-bond acceptors (Lipinski definition) is 6. The van der Waals surface area contributed by atoms with Crippen molar-refractivity contribution in [3.63, 3.8) is 0 Å². The highest BCUT2D eigenvalue weighted by molar-refractivity contribution is 5.58. The smallest absolute Gasteiger partial charge is 0.257 e. The van der Waals surface area contributed by atoms with E-state index in [1.54, 1.807) is 0 Å². The van der Waals surface area contributed by atoms with E-state index in [1.807, 2.05) is 0 Å². The Labute approximate surface area is 111 Å². The normalized spacial score (nSPS) is 10.7. The maximum absolute atomic E-state index is 13.7. The highest BCUT2D eigenvalue weighted by Gasteiger charge is 2.16. The minimum Gasteiger partial charge on any atom is -0.368 e. The predicted octanol–water partition coefficient (Wildman–Crippen LogP) is 0.980. The van der Waals surface area contributed by atoms with Crippen molar-refractivity contribution in [3.8, 4) is 17.3 Å². The molecular formula is C11H7F2N7. The lowest BCUT2D eigenvalue weighted by Crippen LogP contribution is -2.09. The summed E-state index contributed by atoms with van der Waals surface area (Å²) in [7, 11) is 0. The average molecular weight is 275 g/mol. The van der Waals surface area contributed by atoms with E-state index in [0.29, 0.717) is 0 Å². The van der Waals surface area contributed by atoms with Crippen LogP contribution in [-0.2, 0) is 0 Å². The fourth-order valence-electron chi connectivity index (χ4n) is 1.62. The Balaban J connectivity index is 2.20. The summed E-state index contributed by atoms with van der Waals surface area (Å²) in [4.78, 5) is 15.3. The van der Waals surface area contributed by atoms with E-state index >= 15 is 0 Å². The summed E-state index contributed by atoms with van der Waals surface area (Å²) in [5.41, 5.74) is 5.16. The maximum Gasteiger partial charge on any atom is 0.257 e. The highest BCUT2D eigenvalue weighted by atomic mass is 19.1. The Morgan fingerprint density at radius 2 is 1.80 bits per heavy atom. The minimum atomic E-state index is -0.792. The Morgan fingerprint density at radius 1 is 1.05 bits per heavy atom. The molecule has 2 heterocycles. The number of rotatable bonds is 2. The average Bonchev–Trinajstić information content (AvgIpc) is 2.91. The Bertz CT molecular complexity index is 737. The van der Waals surface area contributed by atoms with Crippen LogP contribution in [0.3, 0.4) is 0 Å². The monoisotopic (exact) mass is 275 g/mol. The molecule has 0 saturated heterocycles. The zero-order valence-corrected chi connectivity index (χ0v) is 9.90. The Kier molecular flexibility index (Phi) is 2.78. The quantitative estimate of drug-likeness (QED) is 0.749. The van der Waals surface area contributed by atoms with Gasteiger partial charge in [0.15, 0.2) is 5.82 Å². The highest BCUT2D eigenvalue weighted by Crippen LogP contribution is 2.23. The van der Waals surface area contributed by atoms with Gasteiger partial charge in [0.2, 0.25) is 5.95 Å². The third-order valence-corrected chi connectivity index (χ3v) is 2.45. The van der Waals surface area contributed by atoms with E-state index in [-0.39, 0.29) is 23.3 Å². The molecule has 3 aromatic rings. The predicted molar refractivity (Wildman–Crippen MR) is 64.5 cm³/mol. The second-order valence-electron chi connectivity index (χ2n) is 3.75. The summed E-state index contributed by atoms with van der Waals surface area (Å²) < 4.78 is 28.7. The summed E-state index contributed by atoms with van der Waals surface area (Å²) in [6.07, 6.45) is 2.60.